The van der Waals surface area contributed by atoms with Crippen LogP contribution in [-0.4, -0.2) is 23.8 Å². The van der Waals surface area contributed by atoms with E-state index < -0.39 is 11.5 Å². The maximum Gasteiger partial charge on any atom is 0.313 e. The van der Waals surface area contributed by atoms with Gasteiger partial charge in [0.25, 0.3) is 0 Å². The molecular formula is C17H21NO3. The molecule has 0 aromatic heterocycles. The first kappa shape index (κ1) is 13.3. The average molecular weight is 287 g/mol. The van der Waals surface area contributed by atoms with Gasteiger partial charge in [-0.15, -0.1) is 0 Å². The van der Waals surface area contributed by atoms with Crippen molar-refractivity contribution < 1.29 is 14.3 Å². The van der Waals surface area contributed by atoms with E-state index in [0.717, 1.165) is 0 Å². The molecule has 21 heavy (non-hydrogen) atoms. The fourth-order valence-corrected chi connectivity index (χ4v) is 5.05. The molecule has 4 heteroatoms. The van der Waals surface area contributed by atoms with Crippen LogP contribution in [0.3, 0.4) is 0 Å². The quantitative estimate of drug-likeness (QED) is 0.548. The van der Waals surface area contributed by atoms with Crippen molar-refractivity contribution in [2.75, 3.05) is 0 Å². The third-order valence-electron chi connectivity index (χ3n) is 5.58. The first-order valence-electron chi connectivity index (χ1n) is 7.87. The van der Waals surface area contributed by atoms with Crippen LogP contribution < -0.4 is 0 Å². The molecule has 4 rings (SSSR count). The highest BCUT2D eigenvalue weighted by atomic mass is 16.6. The molecule has 112 valence electrons. The SMILES string of the molecule is CC(C)(C)OC(=O)C1C(C#N)C2OC1C1C3C=CC(C3)C21. The van der Waals surface area contributed by atoms with Gasteiger partial charge >= 0.3 is 5.97 Å². The molecule has 0 N–H and O–H groups in total. The highest BCUT2D eigenvalue weighted by molar-refractivity contribution is 5.75. The third-order valence-corrected chi connectivity index (χ3v) is 5.58. The first-order valence-corrected chi connectivity index (χ1v) is 7.87. The summed E-state index contributed by atoms with van der Waals surface area (Å²) in [7, 11) is 0. The fourth-order valence-electron chi connectivity index (χ4n) is 5.05. The molecular weight excluding hydrogens is 266 g/mol. The minimum atomic E-state index is -0.521. The number of fused-ring (bicyclic) bond motifs is 9. The van der Waals surface area contributed by atoms with E-state index in [1.54, 1.807) is 0 Å². The molecule has 0 spiro atoms. The Morgan fingerprint density at radius 1 is 1.24 bits per heavy atom. The van der Waals surface area contributed by atoms with Gasteiger partial charge in [0, 0.05) is 0 Å². The number of allylic oxidation sites excluding steroid dienone is 2. The topological polar surface area (TPSA) is 59.3 Å². The minimum absolute atomic E-state index is 0.0810. The summed E-state index contributed by atoms with van der Waals surface area (Å²) in [6.07, 6.45) is 5.53. The van der Waals surface area contributed by atoms with E-state index >= 15 is 0 Å². The zero-order valence-corrected chi connectivity index (χ0v) is 12.7. The molecule has 8 atom stereocenters. The van der Waals surface area contributed by atoms with Crippen molar-refractivity contribution >= 4 is 5.97 Å². The lowest BCUT2D eigenvalue weighted by atomic mass is 9.65. The Balaban J connectivity index is 1.63. The Morgan fingerprint density at radius 2 is 1.86 bits per heavy atom. The van der Waals surface area contributed by atoms with Crippen LogP contribution >= 0.6 is 0 Å². The number of carbonyl (C=O) groups excluding carboxylic acids is 1. The van der Waals surface area contributed by atoms with Gasteiger partial charge in [0.1, 0.15) is 11.5 Å². The number of ether oxygens (including phenoxy) is 2. The van der Waals surface area contributed by atoms with Crippen molar-refractivity contribution in [1.29, 1.82) is 5.26 Å². The monoisotopic (exact) mass is 287 g/mol. The second kappa shape index (κ2) is 4.10. The van der Waals surface area contributed by atoms with Gasteiger partial charge in [-0.1, -0.05) is 12.2 Å². The molecule has 0 aromatic rings. The Labute approximate surface area is 125 Å². The van der Waals surface area contributed by atoms with Crippen LogP contribution in [-0.2, 0) is 14.3 Å². The lowest BCUT2D eigenvalue weighted by molar-refractivity contribution is -0.163. The Kier molecular flexibility index (Phi) is 2.60. The van der Waals surface area contributed by atoms with Crippen molar-refractivity contribution in [2.45, 2.75) is 45.0 Å². The third kappa shape index (κ3) is 1.73. The summed E-state index contributed by atoms with van der Waals surface area (Å²) in [5, 5.41) is 9.54. The Morgan fingerprint density at radius 3 is 2.43 bits per heavy atom. The number of carbonyl (C=O) groups is 1. The first-order chi connectivity index (χ1) is 9.90. The number of hydrogen-bond acceptors (Lipinski definition) is 4. The van der Waals surface area contributed by atoms with E-state index in [1.807, 2.05) is 20.8 Å². The van der Waals surface area contributed by atoms with Gasteiger partial charge in [0.05, 0.1) is 24.2 Å². The van der Waals surface area contributed by atoms with Gasteiger partial charge in [-0.2, -0.15) is 5.26 Å². The molecule has 4 nitrogen and oxygen atoms in total. The van der Waals surface area contributed by atoms with Gasteiger partial charge in [-0.05, 0) is 50.9 Å². The molecule has 2 aliphatic heterocycles. The molecule has 1 saturated carbocycles. The number of esters is 1. The molecule has 2 heterocycles. The van der Waals surface area contributed by atoms with E-state index in [9.17, 15) is 10.1 Å². The smallest absolute Gasteiger partial charge is 0.313 e. The number of nitrogens with zero attached hydrogens (tertiary/aromatic N) is 1. The summed E-state index contributed by atoms with van der Waals surface area (Å²) < 4.78 is 11.7. The summed E-state index contributed by atoms with van der Waals surface area (Å²) in [5.74, 6) is 0.907. The molecule has 3 fully saturated rings. The van der Waals surface area contributed by atoms with E-state index in [-0.39, 0.29) is 24.1 Å². The molecule has 0 amide bonds. The van der Waals surface area contributed by atoms with Gasteiger partial charge in [-0.25, -0.2) is 0 Å². The molecule has 2 saturated heterocycles. The van der Waals surface area contributed by atoms with Crippen LogP contribution in [0.1, 0.15) is 27.2 Å². The van der Waals surface area contributed by atoms with Gasteiger partial charge in [0.2, 0.25) is 0 Å². The molecule has 2 aliphatic carbocycles. The largest absolute Gasteiger partial charge is 0.460 e. The fraction of sp³-hybridized carbons (Fsp3) is 0.765. The predicted octanol–water partition coefficient (Wildman–Crippen LogP) is 2.30. The Hall–Kier alpha value is -1.34. The summed E-state index contributed by atoms with van der Waals surface area (Å²) in [6, 6.07) is 2.33. The minimum Gasteiger partial charge on any atom is -0.460 e. The van der Waals surface area contributed by atoms with Gasteiger partial charge in [-0.3, -0.25) is 4.79 Å². The summed E-state index contributed by atoms with van der Waals surface area (Å²) >= 11 is 0. The highest BCUT2D eigenvalue weighted by Crippen LogP contribution is 2.63. The van der Waals surface area contributed by atoms with Crippen molar-refractivity contribution in [2.24, 2.45) is 35.5 Å². The van der Waals surface area contributed by atoms with E-state index in [1.165, 1.54) is 6.42 Å². The normalized spacial score (nSPS) is 49.2. The van der Waals surface area contributed by atoms with Crippen molar-refractivity contribution in [3.8, 4) is 6.07 Å². The van der Waals surface area contributed by atoms with Gasteiger partial charge < -0.3 is 9.47 Å². The average Bonchev–Trinajstić information content (AvgIpc) is 3.12. The van der Waals surface area contributed by atoms with E-state index in [0.29, 0.717) is 23.7 Å². The molecule has 4 aliphatic rings. The second-order valence-corrected chi connectivity index (χ2v) is 7.88. The van der Waals surface area contributed by atoms with Crippen LogP contribution in [0.25, 0.3) is 0 Å². The van der Waals surface area contributed by atoms with Crippen LogP contribution in [0.2, 0.25) is 0 Å². The lowest BCUT2D eigenvalue weighted by Gasteiger charge is -2.35. The lowest BCUT2D eigenvalue weighted by Crippen LogP contribution is -2.46. The molecule has 8 unspecified atom stereocenters. The Bertz CT molecular complexity index is 555. The van der Waals surface area contributed by atoms with Gasteiger partial charge in [0.15, 0.2) is 0 Å². The van der Waals surface area contributed by atoms with Crippen LogP contribution in [0.5, 0.6) is 0 Å². The molecule has 0 radical (unpaired) electrons. The number of nitriles is 1. The maximum absolute atomic E-state index is 12.5. The van der Waals surface area contributed by atoms with E-state index in [2.05, 4.69) is 18.2 Å². The van der Waals surface area contributed by atoms with Crippen molar-refractivity contribution in [3.05, 3.63) is 12.2 Å². The van der Waals surface area contributed by atoms with Crippen LogP contribution in [0.15, 0.2) is 12.2 Å². The standard InChI is InChI=1S/C17H21NO3/c1-17(2,3)21-16(19)13-10(7-18)14-11-8-4-5-9(6-8)12(11)15(13)20-14/h4-5,8-15H,6H2,1-3H3. The summed E-state index contributed by atoms with van der Waals surface area (Å²) in [4.78, 5) is 12.5. The summed E-state index contributed by atoms with van der Waals surface area (Å²) in [6.45, 7) is 5.59. The van der Waals surface area contributed by atoms with E-state index in [4.69, 9.17) is 9.47 Å². The highest BCUT2D eigenvalue weighted by Gasteiger charge is 2.68. The zero-order valence-electron chi connectivity index (χ0n) is 12.7. The predicted molar refractivity (Wildman–Crippen MR) is 74.8 cm³/mol. The molecule has 4 bridgehead atoms. The number of rotatable bonds is 1. The zero-order chi connectivity index (χ0) is 14.9. The molecule has 0 aromatic carbocycles. The maximum atomic E-state index is 12.5. The second-order valence-electron chi connectivity index (χ2n) is 7.88. The van der Waals surface area contributed by atoms with Crippen LogP contribution in [0, 0.1) is 46.8 Å². The van der Waals surface area contributed by atoms with Crippen LogP contribution in [0.4, 0.5) is 0 Å². The summed E-state index contributed by atoms with van der Waals surface area (Å²) in [5.41, 5.74) is -0.521. The van der Waals surface area contributed by atoms with Crippen molar-refractivity contribution in [1.82, 2.24) is 0 Å². The van der Waals surface area contributed by atoms with Crippen molar-refractivity contribution in [3.63, 3.8) is 0 Å². The number of hydrogen-bond donors (Lipinski definition) is 0.